The number of carbonyl (C=O) groups excluding carboxylic acids is 1. The lowest BCUT2D eigenvalue weighted by atomic mass is 9.40. The number of fused-ring (bicyclic) bond motifs is 4. The maximum atomic E-state index is 14.6. The summed E-state index contributed by atoms with van der Waals surface area (Å²) < 4.78 is 90.2. The van der Waals surface area contributed by atoms with Crippen molar-refractivity contribution < 1.29 is 158 Å². The highest BCUT2D eigenvalue weighted by molar-refractivity contribution is 5.85. The van der Waals surface area contributed by atoms with E-state index in [2.05, 4.69) is 47.6 Å². The molecule has 0 aromatic heterocycles. The van der Waals surface area contributed by atoms with Crippen LogP contribution >= 0.6 is 0 Å². The molecule has 16 N–H and O–H groups in total. The second-order valence-corrected chi connectivity index (χ2v) is 31.2. The lowest BCUT2D eigenvalue weighted by Gasteiger charge is -2.64. The average Bonchev–Trinajstić information content (AvgIpc) is 1.50. The summed E-state index contributed by atoms with van der Waals surface area (Å²) in [6, 6.07) is 0. The van der Waals surface area contributed by atoms with Crippen LogP contribution in [-0.2, 0) is 75.8 Å². The number of aliphatic hydroxyl groups excluding tert-OH is 15. The van der Waals surface area contributed by atoms with Crippen LogP contribution in [0.15, 0.2) is 11.6 Å². The third-order valence-corrected chi connectivity index (χ3v) is 25.1. The fourth-order valence-corrected chi connectivity index (χ4v) is 19.3. The maximum absolute atomic E-state index is 14.6. The molecular weight excluding hydrogens is 1320 g/mol. The van der Waals surface area contributed by atoms with Gasteiger partial charge in [-0.25, -0.2) is 0 Å². The molecule has 4 aliphatic carbocycles. The Morgan fingerprint density at radius 3 is 1.51 bits per heavy atom. The van der Waals surface area contributed by atoms with Gasteiger partial charge in [-0.15, -0.1) is 0 Å². The minimum absolute atomic E-state index is 0.0382. The van der Waals surface area contributed by atoms with Crippen LogP contribution < -0.4 is 0 Å². The second kappa shape index (κ2) is 30.0. The van der Waals surface area contributed by atoms with Gasteiger partial charge < -0.3 is 153 Å². The van der Waals surface area contributed by atoms with E-state index < -0.39 is 250 Å². The summed E-state index contributed by atoms with van der Waals surface area (Å²) in [7, 11) is 2.37. The van der Waals surface area contributed by atoms with Crippen molar-refractivity contribution in [1.29, 1.82) is 0 Å². The number of hydrogen-bond donors (Lipinski definition) is 16. The molecule has 99 heavy (non-hydrogen) atoms. The third-order valence-electron chi connectivity index (χ3n) is 25.1. The van der Waals surface area contributed by atoms with E-state index in [4.69, 9.17) is 71.1 Å². The van der Waals surface area contributed by atoms with Crippen molar-refractivity contribution in [3.8, 4) is 0 Å². The zero-order valence-electron chi connectivity index (χ0n) is 57.9. The third kappa shape index (κ3) is 13.2. The van der Waals surface area contributed by atoms with Gasteiger partial charge >= 0.3 is 5.97 Å². The Morgan fingerprint density at radius 2 is 1.00 bits per heavy atom. The number of ether oxygens (including phenoxy) is 15. The van der Waals surface area contributed by atoms with E-state index >= 15 is 0 Å². The maximum Gasteiger partial charge on any atom is 0.316 e. The predicted octanol–water partition coefficient (Wildman–Crippen LogP) is -3.89. The number of carbonyl (C=O) groups is 1. The highest BCUT2D eigenvalue weighted by Gasteiger charge is 2.83. The molecular formula is C67H110O32. The van der Waals surface area contributed by atoms with Crippen LogP contribution in [0.25, 0.3) is 0 Å². The highest BCUT2D eigenvalue weighted by Crippen LogP contribution is 2.77. The number of methoxy groups -OCH3 is 2. The van der Waals surface area contributed by atoms with Gasteiger partial charge in [0.2, 0.25) is 0 Å². The fraction of sp³-hybridized carbons (Fsp3) is 0.955. The van der Waals surface area contributed by atoms with Gasteiger partial charge in [0, 0.05) is 14.2 Å². The Hall–Kier alpha value is -1.99. The Labute approximate surface area is 575 Å². The van der Waals surface area contributed by atoms with Crippen molar-refractivity contribution in [1.82, 2.24) is 0 Å². The predicted molar refractivity (Wildman–Crippen MR) is 332 cm³/mol. The average molecular weight is 1430 g/mol. The summed E-state index contributed by atoms with van der Waals surface area (Å²) in [4.78, 5) is 14.6. The molecule has 1 spiro atoms. The van der Waals surface area contributed by atoms with E-state index in [1.165, 1.54) is 26.7 Å². The van der Waals surface area contributed by atoms with Crippen LogP contribution in [0.2, 0.25) is 0 Å². The standard InChI is InChI=1S/C67H110O32/c1-27(2)12-11-17-65(8)67(84)21-20-64(7)30-13-14-36-62(4,5)37(16-18-63(36,6)29(30)15-19-66(64,67)61(83)99-65)94-60-54(42(76)35(26-87-60)93-56-47(81)52(40(74)33(24-70)89-56)96-57-45(79)50(85-9)38(72)31(22-68)90-57)98-55-44(78)43(77)49(28(3)88-55)95-59-48(82)53(41(75)34(25-71)92-59)97-58-46(80)51(86-10)39(73)32(23-69)91-58/h15,27-28,30-60,68-82,84H,11-14,16-26H2,1-10H3. The van der Waals surface area contributed by atoms with Crippen molar-refractivity contribution in [2.75, 3.05) is 47.3 Å². The van der Waals surface area contributed by atoms with Crippen LogP contribution in [0.3, 0.4) is 0 Å². The van der Waals surface area contributed by atoms with Gasteiger partial charge in [0.1, 0.15) is 151 Å². The van der Waals surface area contributed by atoms with Crippen LogP contribution in [-0.4, -0.2) is 330 Å². The molecule has 10 fully saturated rings. The van der Waals surface area contributed by atoms with Gasteiger partial charge in [-0.05, 0) is 106 Å². The first-order valence-corrected chi connectivity index (χ1v) is 35.2. The summed E-state index contributed by atoms with van der Waals surface area (Å²) in [5.74, 6) is 0.0390. The number of cyclic esters (lactones) is 1. The number of allylic oxidation sites excluding steroid dienone is 2. The molecule has 32 heteroatoms. The Morgan fingerprint density at radius 1 is 0.525 bits per heavy atom. The SMILES string of the molecule is COC1C(O)C(CO)OC(OC2C(O)C(CO)OC(OC3COC(OC4CCC5(C)C6=CCC78C(=O)OC(C)(CCCC(C)C)C7(O)CCC8(C)C6CCC5C4(C)C)C(OC4OC(C)C(OC5OC(CO)C(O)C(OC6OC(CO)C(O)C(OC)C6O)C5O)C(O)C4O)C3O)C2O)C1O. The van der Waals surface area contributed by atoms with E-state index in [1.807, 2.05) is 6.92 Å². The summed E-state index contributed by atoms with van der Waals surface area (Å²) in [6.45, 7) is 12.5. The molecule has 0 aromatic carbocycles. The van der Waals surface area contributed by atoms with Gasteiger partial charge in [0.05, 0.1) is 45.2 Å². The first-order valence-electron chi connectivity index (χ1n) is 35.2. The number of esters is 1. The van der Waals surface area contributed by atoms with Gasteiger partial charge in [-0.3, -0.25) is 4.79 Å². The highest BCUT2D eigenvalue weighted by atomic mass is 16.8. The molecule has 11 aliphatic rings. The van der Waals surface area contributed by atoms with Gasteiger partial charge in [0.25, 0.3) is 0 Å². The van der Waals surface area contributed by atoms with Gasteiger partial charge in [-0.2, -0.15) is 0 Å². The van der Waals surface area contributed by atoms with E-state index in [-0.39, 0.29) is 17.8 Å². The van der Waals surface area contributed by atoms with Crippen molar-refractivity contribution in [2.45, 2.75) is 315 Å². The molecule has 32 nitrogen and oxygen atoms in total. The number of hydrogen-bond acceptors (Lipinski definition) is 32. The Balaban J connectivity index is 0.837. The summed E-state index contributed by atoms with van der Waals surface area (Å²) in [5.41, 5.74) is -3.98. The van der Waals surface area contributed by atoms with E-state index in [1.54, 1.807) is 0 Å². The van der Waals surface area contributed by atoms with Gasteiger partial charge in [0.15, 0.2) is 37.7 Å². The molecule has 37 unspecified atom stereocenters. The molecule has 0 amide bonds. The monoisotopic (exact) mass is 1430 g/mol. The zero-order chi connectivity index (χ0) is 72.1. The normalized spacial score (nSPS) is 52.9. The molecule has 3 saturated carbocycles. The molecule has 0 bridgehead atoms. The Kier molecular flexibility index (Phi) is 23.7. The number of rotatable bonds is 22. The van der Waals surface area contributed by atoms with Crippen LogP contribution in [0.4, 0.5) is 0 Å². The molecule has 0 radical (unpaired) electrons. The largest absolute Gasteiger partial charge is 0.456 e. The minimum Gasteiger partial charge on any atom is -0.456 e. The molecule has 7 heterocycles. The first kappa shape index (κ1) is 78.1. The van der Waals surface area contributed by atoms with Crippen molar-refractivity contribution in [3.05, 3.63) is 11.6 Å². The molecule has 11 rings (SSSR count). The molecule has 570 valence electrons. The van der Waals surface area contributed by atoms with E-state index in [0.29, 0.717) is 57.3 Å². The van der Waals surface area contributed by atoms with Crippen molar-refractivity contribution in [2.24, 2.45) is 39.4 Å². The molecule has 0 aromatic rings. The quantitative estimate of drug-likeness (QED) is 0.0280. The lowest BCUT2D eigenvalue weighted by molar-refractivity contribution is -0.397. The second-order valence-electron chi connectivity index (χ2n) is 31.2. The first-order chi connectivity index (χ1) is 46.7. The van der Waals surface area contributed by atoms with Crippen molar-refractivity contribution >= 4 is 5.97 Å². The summed E-state index contributed by atoms with van der Waals surface area (Å²) in [5, 5.41) is 180. The molecule has 7 saturated heterocycles. The molecule has 7 aliphatic heterocycles. The summed E-state index contributed by atoms with van der Waals surface area (Å²) >= 11 is 0. The number of aliphatic hydroxyl groups is 16. The fourth-order valence-electron chi connectivity index (χ4n) is 19.3. The van der Waals surface area contributed by atoms with Crippen LogP contribution in [0.5, 0.6) is 0 Å². The van der Waals surface area contributed by atoms with Crippen LogP contribution in [0, 0.1) is 39.4 Å². The topological polar surface area (TPSA) is 479 Å². The lowest BCUT2D eigenvalue weighted by Crippen LogP contribution is -2.67. The minimum atomic E-state index is -2.08. The smallest absolute Gasteiger partial charge is 0.316 e. The van der Waals surface area contributed by atoms with E-state index in [9.17, 15) is 86.5 Å². The Bertz CT molecular complexity index is 2750. The molecule has 37 atom stereocenters. The van der Waals surface area contributed by atoms with Crippen molar-refractivity contribution in [3.63, 3.8) is 0 Å². The zero-order valence-corrected chi connectivity index (χ0v) is 57.9. The van der Waals surface area contributed by atoms with E-state index in [0.717, 1.165) is 12.8 Å². The van der Waals surface area contributed by atoms with Gasteiger partial charge in [-0.1, -0.05) is 59.6 Å². The van der Waals surface area contributed by atoms with Crippen LogP contribution in [0.1, 0.15) is 120 Å². The summed E-state index contributed by atoms with van der Waals surface area (Å²) in [6.07, 6.45) is -41.3.